The summed E-state index contributed by atoms with van der Waals surface area (Å²) in [7, 11) is -7.59. The Kier molecular flexibility index (Phi) is 11.4. The molecule has 4 aromatic rings. The lowest BCUT2D eigenvalue weighted by atomic mass is 10.2. The predicted octanol–water partition coefficient (Wildman–Crippen LogP) is 7.71. The van der Waals surface area contributed by atoms with Crippen molar-refractivity contribution in [3.05, 3.63) is 95.0 Å². The topological polar surface area (TPSA) is 139 Å². The molecule has 0 aliphatic carbocycles. The molecule has 4 aromatic carbocycles. The van der Waals surface area contributed by atoms with E-state index in [0.717, 1.165) is 48.5 Å². The molecule has 0 unspecified atom stereocenters. The summed E-state index contributed by atoms with van der Waals surface area (Å²) in [5.41, 5.74) is -1.50. The van der Waals surface area contributed by atoms with Gasteiger partial charge in [0.2, 0.25) is 0 Å². The SMILES string of the molecule is CCS(=O)(=O)c1ccc(Oc2cc(OC(=O)CCC(=O)Oc3ccc(F)c(Oc4ccc(S(C)(=O)=O)cc4C(F)(F)F)c3)ccc2F)c(Cl)c1. The first-order chi connectivity index (χ1) is 23.3. The van der Waals surface area contributed by atoms with Crippen LogP contribution in [0, 0.1) is 11.6 Å². The number of hydrogen-bond donors (Lipinski definition) is 0. The monoisotopic (exact) mass is 762 g/mol. The summed E-state index contributed by atoms with van der Waals surface area (Å²) < 4.78 is 138. The maximum absolute atomic E-state index is 14.5. The van der Waals surface area contributed by atoms with Crippen LogP contribution >= 0.6 is 11.6 Å². The molecule has 50 heavy (non-hydrogen) atoms. The minimum atomic E-state index is -5.07. The van der Waals surface area contributed by atoms with Crippen LogP contribution in [0.25, 0.3) is 0 Å². The first-order valence-electron chi connectivity index (χ1n) is 14.1. The van der Waals surface area contributed by atoms with E-state index < -0.39 is 90.0 Å². The number of carbonyl (C=O) groups is 2. The summed E-state index contributed by atoms with van der Waals surface area (Å²) in [5.74, 6) is -6.96. The molecule has 0 aromatic heterocycles. The second-order valence-electron chi connectivity index (χ2n) is 10.3. The largest absolute Gasteiger partial charge is 0.454 e. The molecule has 266 valence electrons. The number of halogens is 6. The van der Waals surface area contributed by atoms with Crippen LogP contribution in [0.4, 0.5) is 22.0 Å². The van der Waals surface area contributed by atoms with E-state index in [2.05, 4.69) is 0 Å². The van der Waals surface area contributed by atoms with E-state index in [-0.39, 0.29) is 32.9 Å². The number of rotatable bonds is 12. The van der Waals surface area contributed by atoms with Crippen molar-refractivity contribution in [1.82, 2.24) is 0 Å². The van der Waals surface area contributed by atoms with Crippen molar-refractivity contribution in [3.63, 3.8) is 0 Å². The molecule has 0 aliphatic rings. The summed E-state index contributed by atoms with van der Waals surface area (Å²) in [5, 5.41) is -0.131. The fraction of sp³-hybridized carbons (Fsp3) is 0.188. The molecule has 0 heterocycles. The van der Waals surface area contributed by atoms with Crippen molar-refractivity contribution in [2.45, 2.75) is 35.7 Å². The zero-order valence-corrected chi connectivity index (χ0v) is 28.1. The number of alkyl halides is 3. The van der Waals surface area contributed by atoms with Gasteiger partial charge in [-0.05, 0) is 60.7 Å². The highest BCUT2D eigenvalue weighted by molar-refractivity contribution is 7.91. The molecule has 0 aliphatic heterocycles. The van der Waals surface area contributed by atoms with Crippen LogP contribution < -0.4 is 18.9 Å². The van der Waals surface area contributed by atoms with Crippen LogP contribution in [0.3, 0.4) is 0 Å². The Morgan fingerprint density at radius 3 is 1.62 bits per heavy atom. The smallest absolute Gasteiger partial charge is 0.420 e. The number of ether oxygens (including phenoxy) is 4. The normalized spacial score (nSPS) is 11.9. The number of carbonyl (C=O) groups excluding carboxylic acids is 2. The van der Waals surface area contributed by atoms with Crippen LogP contribution in [0.2, 0.25) is 5.02 Å². The first kappa shape index (κ1) is 38.1. The maximum Gasteiger partial charge on any atom is 0.420 e. The Hall–Kier alpha value is -4.74. The molecule has 0 spiro atoms. The lowest BCUT2D eigenvalue weighted by Crippen LogP contribution is -2.14. The van der Waals surface area contributed by atoms with E-state index >= 15 is 0 Å². The first-order valence-corrected chi connectivity index (χ1v) is 18.0. The lowest BCUT2D eigenvalue weighted by molar-refractivity contribution is -0.140. The van der Waals surface area contributed by atoms with Gasteiger partial charge in [0.15, 0.2) is 42.8 Å². The van der Waals surface area contributed by atoms with Gasteiger partial charge in [0.25, 0.3) is 0 Å². The molecule has 0 N–H and O–H groups in total. The van der Waals surface area contributed by atoms with E-state index in [1.54, 1.807) is 0 Å². The molecule has 0 amide bonds. The molecular formula is C32H24ClF5O10S2. The summed E-state index contributed by atoms with van der Waals surface area (Å²) in [6.45, 7) is 1.45. The summed E-state index contributed by atoms with van der Waals surface area (Å²) in [6.07, 6.45) is -5.50. The van der Waals surface area contributed by atoms with E-state index in [9.17, 15) is 48.4 Å². The molecular weight excluding hydrogens is 739 g/mol. The number of esters is 2. The third kappa shape index (κ3) is 9.70. The van der Waals surface area contributed by atoms with Gasteiger partial charge in [-0.15, -0.1) is 0 Å². The Balaban J connectivity index is 1.38. The molecule has 0 saturated carbocycles. The van der Waals surface area contributed by atoms with Gasteiger partial charge in [-0.2, -0.15) is 13.2 Å². The van der Waals surface area contributed by atoms with Gasteiger partial charge in [-0.25, -0.2) is 25.6 Å². The van der Waals surface area contributed by atoms with Gasteiger partial charge in [0.1, 0.15) is 23.0 Å². The molecule has 18 heteroatoms. The average molecular weight is 763 g/mol. The zero-order valence-electron chi connectivity index (χ0n) is 25.7. The molecule has 0 fully saturated rings. The highest BCUT2D eigenvalue weighted by Gasteiger charge is 2.36. The Morgan fingerprint density at radius 2 is 1.16 bits per heavy atom. The third-order valence-corrected chi connectivity index (χ3v) is 9.71. The standard InChI is InChI=1S/C32H24ClF5O10S2/c1-3-50(43,44)21-7-11-27(23(33)17-21)48-29-15-19(5-9-25(29)35)46-31(40)13-12-30(39)45-18-4-8-24(34)28(14-18)47-26-10-6-20(49(2,41)42)16-22(26)32(36,37)38/h4-11,14-17H,3,12-13H2,1-2H3. The molecule has 0 radical (unpaired) electrons. The fourth-order valence-electron chi connectivity index (χ4n) is 4.03. The summed E-state index contributed by atoms with van der Waals surface area (Å²) in [6, 6.07) is 11.0. The number of sulfone groups is 2. The fourth-order valence-corrected chi connectivity index (χ4v) is 5.87. The molecule has 10 nitrogen and oxygen atoms in total. The van der Waals surface area contributed by atoms with Gasteiger partial charge in [0.05, 0.1) is 39.0 Å². The zero-order chi connectivity index (χ0) is 37.0. The van der Waals surface area contributed by atoms with Gasteiger partial charge in [-0.1, -0.05) is 18.5 Å². The highest BCUT2D eigenvalue weighted by Crippen LogP contribution is 2.41. The van der Waals surface area contributed by atoms with Crippen LogP contribution in [0.1, 0.15) is 25.3 Å². The quantitative estimate of drug-likeness (QED) is 0.0801. The van der Waals surface area contributed by atoms with Crippen molar-refractivity contribution in [3.8, 4) is 34.5 Å². The molecule has 0 bridgehead atoms. The van der Waals surface area contributed by atoms with Crippen LogP contribution in [0.15, 0.2) is 82.6 Å². The Morgan fingerprint density at radius 1 is 0.680 bits per heavy atom. The Labute approximate surface area is 287 Å². The van der Waals surface area contributed by atoms with Crippen molar-refractivity contribution >= 4 is 43.2 Å². The second kappa shape index (κ2) is 15.0. The second-order valence-corrected chi connectivity index (χ2v) is 15.0. The van der Waals surface area contributed by atoms with Crippen molar-refractivity contribution in [1.29, 1.82) is 0 Å². The minimum Gasteiger partial charge on any atom is -0.454 e. The van der Waals surface area contributed by atoms with Crippen molar-refractivity contribution in [2.24, 2.45) is 0 Å². The van der Waals surface area contributed by atoms with E-state index in [1.807, 2.05) is 0 Å². The highest BCUT2D eigenvalue weighted by atomic mass is 35.5. The minimum absolute atomic E-state index is 0.0643. The van der Waals surface area contributed by atoms with Crippen LogP contribution in [0.5, 0.6) is 34.5 Å². The van der Waals surface area contributed by atoms with E-state index in [0.29, 0.717) is 18.4 Å². The summed E-state index contributed by atoms with van der Waals surface area (Å²) >= 11 is 6.12. The van der Waals surface area contributed by atoms with Crippen molar-refractivity contribution in [2.75, 3.05) is 12.0 Å². The predicted molar refractivity (Wildman–Crippen MR) is 167 cm³/mol. The maximum atomic E-state index is 14.5. The van der Waals surface area contributed by atoms with E-state index in [4.69, 9.17) is 30.5 Å². The molecule has 4 rings (SSSR count). The summed E-state index contributed by atoms with van der Waals surface area (Å²) in [4.78, 5) is 24.1. The van der Waals surface area contributed by atoms with Gasteiger partial charge in [-0.3, -0.25) is 9.59 Å². The van der Waals surface area contributed by atoms with Gasteiger partial charge >= 0.3 is 18.1 Å². The molecule has 0 saturated heterocycles. The third-order valence-electron chi connectivity index (χ3n) is 6.57. The van der Waals surface area contributed by atoms with Crippen molar-refractivity contribution < 1.29 is 67.3 Å². The van der Waals surface area contributed by atoms with Crippen LogP contribution in [-0.2, 0) is 35.4 Å². The Bertz CT molecular complexity index is 2170. The van der Waals surface area contributed by atoms with Gasteiger partial charge in [0, 0.05) is 18.4 Å². The molecule has 0 atom stereocenters. The average Bonchev–Trinajstić information content (AvgIpc) is 3.03. The number of hydrogen-bond acceptors (Lipinski definition) is 10. The van der Waals surface area contributed by atoms with E-state index in [1.165, 1.54) is 19.1 Å². The number of benzene rings is 4. The van der Waals surface area contributed by atoms with Gasteiger partial charge < -0.3 is 18.9 Å². The lowest BCUT2D eigenvalue weighted by Gasteiger charge is -2.15. The van der Waals surface area contributed by atoms with Crippen LogP contribution in [-0.4, -0.2) is 40.8 Å².